The summed E-state index contributed by atoms with van der Waals surface area (Å²) in [6.45, 7) is 3.88. The Bertz CT molecular complexity index is 1200. The minimum atomic E-state index is -0.120. The Balaban J connectivity index is 1.53. The predicted octanol–water partition coefficient (Wildman–Crippen LogP) is 4.52. The molecule has 1 amide bonds. The zero-order chi connectivity index (χ0) is 20.4. The Hall–Kier alpha value is -3.19. The highest BCUT2D eigenvalue weighted by Crippen LogP contribution is 2.24. The Morgan fingerprint density at radius 2 is 1.93 bits per heavy atom. The summed E-state index contributed by atoms with van der Waals surface area (Å²) in [5.41, 5.74) is 5.15. The number of benzene rings is 2. The molecule has 0 aliphatic carbocycles. The van der Waals surface area contributed by atoms with Crippen LogP contribution in [0.2, 0.25) is 0 Å². The van der Waals surface area contributed by atoms with Crippen LogP contribution in [0.1, 0.15) is 27.4 Å². The molecule has 0 fully saturated rings. The summed E-state index contributed by atoms with van der Waals surface area (Å²) in [5.74, 6) is 1.47. The molecule has 1 N–H and O–H groups in total. The third-order valence-corrected chi connectivity index (χ3v) is 5.58. The normalized spacial score (nSPS) is 11.0. The predicted molar refractivity (Wildman–Crippen MR) is 116 cm³/mol. The topological polar surface area (TPSA) is 72.7 Å². The van der Waals surface area contributed by atoms with E-state index >= 15 is 0 Å². The maximum Gasteiger partial charge on any atom is 0.255 e. The summed E-state index contributed by atoms with van der Waals surface area (Å²) in [6, 6.07) is 15.2. The molecule has 29 heavy (non-hydrogen) atoms. The van der Waals surface area contributed by atoms with E-state index in [0.29, 0.717) is 11.3 Å². The first-order valence-electron chi connectivity index (χ1n) is 9.26. The number of nitrogens with zero attached hydrogens (tertiary/aromatic N) is 4. The van der Waals surface area contributed by atoms with E-state index < -0.39 is 0 Å². The maximum atomic E-state index is 12.6. The van der Waals surface area contributed by atoms with Gasteiger partial charge in [0.15, 0.2) is 5.16 Å². The molecule has 2 aromatic heterocycles. The van der Waals surface area contributed by atoms with Gasteiger partial charge in [0.05, 0.1) is 16.8 Å². The number of imidazole rings is 1. The lowest BCUT2D eigenvalue weighted by Gasteiger charge is -2.07. The van der Waals surface area contributed by atoms with Gasteiger partial charge in [-0.3, -0.25) is 4.79 Å². The van der Waals surface area contributed by atoms with E-state index in [0.717, 1.165) is 39.0 Å². The van der Waals surface area contributed by atoms with Crippen molar-refractivity contribution in [3.05, 3.63) is 77.4 Å². The van der Waals surface area contributed by atoms with E-state index in [9.17, 15) is 4.79 Å². The number of aryl methyl sites for hydroxylation is 3. The fourth-order valence-corrected chi connectivity index (χ4v) is 3.97. The van der Waals surface area contributed by atoms with Gasteiger partial charge in [0.25, 0.3) is 5.91 Å². The Morgan fingerprint density at radius 3 is 2.72 bits per heavy atom. The van der Waals surface area contributed by atoms with E-state index in [1.165, 1.54) is 0 Å². The molecule has 0 atom stereocenters. The molecule has 4 rings (SSSR count). The lowest BCUT2D eigenvalue weighted by molar-refractivity contribution is 0.102. The molecule has 146 valence electrons. The first-order valence-corrected chi connectivity index (χ1v) is 10.2. The van der Waals surface area contributed by atoms with E-state index in [1.54, 1.807) is 18.0 Å². The van der Waals surface area contributed by atoms with Gasteiger partial charge in [-0.25, -0.2) is 15.0 Å². The molecule has 0 saturated heterocycles. The van der Waals surface area contributed by atoms with Crippen LogP contribution in [0.5, 0.6) is 0 Å². The van der Waals surface area contributed by atoms with Crippen LogP contribution in [0.25, 0.3) is 11.0 Å². The molecule has 0 radical (unpaired) electrons. The third-order valence-electron chi connectivity index (χ3n) is 4.72. The van der Waals surface area contributed by atoms with Crippen LogP contribution >= 0.6 is 11.8 Å². The van der Waals surface area contributed by atoms with Crippen LogP contribution in [0.3, 0.4) is 0 Å². The van der Waals surface area contributed by atoms with Crippen LogP contribution in [0.15, 0.2) is 59.9 Å². The zero-order valence-electron chi connectivity index (χ0n) is 16.5. The lowest BCUT2D eigenvalue weighted by atomic mass is 10.1. The highest BCUT2D eigenvalue weighted by molar-refractivity contribution is 7.98. The fourth-order valence-electron chi connectivity index (χ4n) is 3.11. The summed E-state index contributed by atoms with van der Waals surface area (Å²) in [7, 11) is 1.99. The number of carbonyl (C=O) groups excluding carboxylic acids is 1. The number of hydrogen-bond acceptors (Lipinski definition) is 5. The molecule has 2 heterocycles. The number of rotatable bonds is 5. The van der Waals surface area contributed by atoms with Crippen LogP contribution in [0, 0.1) is 13.8 Å². The van der Waals surface area contributed by atoms with Crippen molar-refractivity contribution in [3.8, 4) is 0 Å². The SMILES string of the molecule is Cc1ccnc(SCc2nc3cc(NC(=O)c4ccccc4C)ccc3n2C)n1. The molecule has 2 aromatic carbocycles. The van der Waals surface area contributed by atoms with Gasteiger partial charge in [0.1, 0.15) is 5.82 Å². The van der Waals surface area contributed by atoms with Crippen molar-refractivity contribution in [2.75, 3.05) is 5.32 Å². The number of thioether (sulfide) groups is 1. The number of hydrogen-bond donors (Lipinski definition) is 1. The number of nitrogens with one attached hydrogen (secondary N) is 1. The van der Waals surface area contributed by atoms with Crippen LogP contribution in [0.4, 0.5) is 5.69 Å². The van der Waals surface area contributed by atoms with Crippen molar-refractivity contribution >= 4 is 34.4 Å². The van der Waals surface area contributed by atoms with E-state index in [1.807, 2.05) is 69.4 Å². The molecule has 0 unspecified atom stereocenters. The van der Waals surface area contributed by atoms with Crippen LogP contribution in [-0.2, 0) is 12.8 Å². The van der Waals surface area contributed by atoms with Crippen LogP contribution in [-0.4, -0.2) is 25.4 Å². The second-order valence-corrected chi connectivity index (χ2v) is 7.77. The quantitative estimate of drug-likeness (QED) is 0.392. The number of carbonyl (C=O) groups is 1. The largest absolute Gasteiger partial charge is 0.330 e. The highest BCUT2D eigenvalue weighted by Gasteiger charge is 2.12. The second-order valence-electron chi connectivity index (χ2n) is 6.83. The maximum absolute atomic E-state index is 12.6. The minimum Gasteiger partial charge on any atom is -0.330 e. The van der Waals surface area contributed by atoms with E-state index in [-0.39, 0.29) is 5.91 Å². The van der Waals surface area contributed by atoms with Crippen LogP contribution < -0.4 is 5.32 Å². The van der Waals surface area contributed by atoms with Gasteiger partial charge in [0, 0.05) is 30.2 Å². The smallest absolute Gasteiger partial charge is 0.255 e. The molecule has 0 spiro atoms. The van der Waals surface area contributed by atoms with Crippen molar-refractivity contribution in [2.45, 2.75) is 24.8 Å². The van der Waals surface area contributed by atoms with Gasteiger partial charge >= 0.3 is 0 Å². The first-order chi connectivity index (χ1) is 14.0. The van der Waals surface area contributed by atoms with Crippen molar-refractivity contribution in [2.24, 2.45) is 7.05 Å². The molecule has 0 aliphatic rings. The molecule has 7 heteroatoms. The molecular weight excluding hydrogens is 382 g/mol. The van der Waals surface area contributed by atoms with Gasteiger partial charge in [-0.05, 0) is 49.7 Å². The van der Waals surface area contributed by atoms with Gasteiger partial charge in [-0.2, -0.15) is 0 Å². The van der Waals surface area contributed by atoms with Gasteiger partial charge < -0.3 is 9.88 Å². The monoisotopic (exact) mass is 403 g/mol. The Kier molecular flexibility index (Phi) is 5.31. The Labute approximate surface area is 173 Å². The third kappa shape index (κ3) is 4.14. The molecule has 4 aromatic rings. The summed E-state index contributed by atoms with van der Waals surface area (Å²) in [4.78, 5) is 26.0. The average Bonchev–Trinajstić information content (AvgIpc) is 3.02. The molecule has 0 aliphatic heterocycles. The number of anilines is 1. The average molecular weight is 404 g/mol. The number of aromatic nitrogens is 4. The fraction of sp³-hybridized carbons (Fsp3) is 0.182. The Morgan fingerprint density at radius 1 is 1.10 bits per heavy atom. The molecular formula is C22H21N5OS. The zero-order valence-corrected chi connectivity index (χ0v) is 17.3. The lowest BCUT2D eigenvalue weighted by Crippen LogP contribution is -2.13. The summed E-state index contributed by atoms with van der Waals surface area (Å²) >= 11 is 1.56. The van der Waals surface area contributed by atoms with Crippen molar-refractivity contribution in [1.82, 2.24) is 19.5 Å². The molecule has 0 saturated carbocycles. The van der Waals surface area contributed by atoms with Gasteiger partial charge in [-0.15, -0.1) is 0 Å². The van der Waals surface area contributed by atoms with Crippen molar-refractivity contribution in [1.29, 1.82) is 0 Å². The number of fused-ring (bicyclic) bond motifs is 1. The summed E-state index contributed by atoms with van der Waals surface area (Å²) in [6.07, 6.45) is 1.77. The summed E-state index contributed by atoms with van der Waals surface area (Å²) in [5, 5.41) is 3.71. The molecule has 6 nitrogen and oxygen atoms in total. The molecule has 0 bridgehead atoms. The standard InChI is InChI=1S/C22H21N5OS/c1-14-6-4-5-7-17(14)21(28)25-16-8-9-19-18(12-16)26-20(27(19)3)13-29-22-23-11-10-15(2)24-22/h4-12H,13H2,1-3H3,(H,25,28). The van der Waals surface area contributed by atoms with Crippen molar-refractivity contribution < 1.29 is 4.79 Å². The van der Waals surface area contributed by atoms with Gasteiger partial charge in [-0.1, -0.05) is 30.0 Å². The highest BCUT2D eigenvalue weighted by atomic mass is 32.2. The summed E-state index contributed by atoms with van der Waals surface area (Å²) < 4.78 is 2.06. The van der Waals surface area contributed by atoms with Crippen molar-refractivity contribution in [3.63, 3.8) is 0 Å². The van der Waals surface area contributed by atoms with E-state index in [4.69, 9.17) is 4.98 Å². The van der Waals surface area contributed by atoms with E-state index in [2.05, 4.69) is 19.9 Å². The number of amides is 1. The minimum absolute atomic E-state index is 0.120. The first kappa shape index (κ1) is 19.1. The van der Waals surface area contributed by atoms with Gasteiger partial charge in [0.2, 0.25) is 0 Å². The second kappa shape index (κ2) is 8.05.